The molecule has 1 aromatic heterocycles. The third-order valence-corrected chi connectivity index (χ3v) is 5.06. The maximum absolute atomic E-state index is 13.5. The fourth-order valence-corrected chi connectivity index (χ4v) is 3.58. The molecule has 8 heteroatoms. The lowest BCUT2D eigenvalue weighted by atomic mass is 9.89. The molecule has 0 fully saturated rings. The van der Waals surface area contributed by atoms with Crippen LogP contribution in [0.15, 0.2) is 42.7 Å². The van der Waals surface area contributed by atoms with Crippen LogP contribution in [0.2, 0.25) is 5.02 Å². The summed E-state index contributed by atoms with van der Waals surface area (Å²) in [6, 6.07) is 9.78. The van der Waals surface area contributed by atoms with Gasteiger partial charge in [0, 0.05) is 17.9 Å². The molecule has 0 radical (unpaired) electrons. The van der Waals surface area contributed by atoms with E-state index in [9.17, 15) is 9.18 Å². The van der Waals surface area contributed by atoms with Crippen LogP contribution >= 0.6 is 11.6 Å². The van der Waals surface area contributed by atoms with E-state index in [1.165, 1.54) is 12.1 Å². The first-order chi connectivity index (χ1) is 13.5. The van der Waals surface area contributed by atoms with Crippen LogP contribution in [0, 0.1) is 5.82 Å². The van der Waals surface area contributed by atoms with Crippen molar-refractivity contribution in [3.05, 3.63) is 64.8 Å². The first-order valence-corrected chi connectivity index (χ1v) is 8.94. The van der Waals surface area contributed by atoms with E-state index in [0.29, 0.717) is 28.7 Å². The van der Waals surface area contributed by atoms with Gasteiger partial charge in [-0.05, 0) is 36.4 Å². The predicted octanol–water partition coefficient (Wildman–Crippen LogP) is 4.16. The number of halogens is 2. The van der Waals surface area contributed by atoms with Crippen molar-refractivity contribution in [1.82, 2.24) is 9.55 Å². The highest BCUT2D eigenvalue weighted by Gasteiger charge is 2.33. The first kappa shape index (κ1) is 18.3. The van der Waals surface area contributed by atoms with Crippen LogP contribution in [0.3, 0.4) is 0 Å². The minimum Gasteiger partial charge on any atom is -0.497 e. The van der Waals surface area contributed by atoms with Gasteiger partial charge in [0.2, 0.25) is 5.91 Å². The number of methoxy groups -OCH3 is 2. The molecule has 28 heavy (non-hydrogen) atoms. The van der Waals surface area contributed by atoms with Crippen molar-refractivity contribution < 1.29 is 18.7 Å². The third-order valence-electron chi connectivity index (χ3n) is 4.77. The second kappa shape index (κ2) is 7.16. The second-order valence-corrected chi connectivity index (χ2v) is 6.77. The fourth-order valence-electron chi connectivity index (χ4n) is 3.41. The molecule has 6 nitrogen and oxygen atoms in total. The van der Waals surface area contributed by atoms with E-state index >= 15 is 0 Å². The summed E-state index contributed by atoms with van der Waals surface area (Å²) in [5.74, 6) is 0.846. The van der Waals surface area contributed by atoms with Gasteiger partial charge in [-0.25, -0.2) is 9.37 Å². The Morgan fingerprint density at radius 2 is 2.04 bits per heavy atom. The molecule has 0 saturated heterocycles. The molecule has 3 aromatic rings. The number of hydrogen-bond donors (Lipinski definition) is 1. The first-order valence-electron chi connectivity index (χ1n) is 8.56. The molecule has 1 N–H and O–H groups in total. The number of fused-ring (bicyclic) bond motifs is 1. The summed E-state index contributed by atoms with van der Waals surface area (Å²) in [5, 5.41) is 2.85. The molecule has 0 bridgehead atoms. The van der Waals surface area contributed by atoms with E-state index in [4.69, 9.17) is 21.1 Å². The number of amides is 1. The van der Waals surface area contributed by atoms with Gasteiger partial charge in [-0.15, -0.1) is 0 Å². The lowest BCUT2D eigenvalue weighted by Gasteiger charge is -2.25. The zero-order valence-corrected chi connectivity index (χ0v) is 16.0. The van der Waals surface area contributed by atoms with Crippen molar-refractivity contribution in [2.45, 2.75) is 12.3 Å². The summed E-state index contributed by atoms with van der Waals surface area (Å²) in [6.07, 6.45) is 1.80. The molecule has 0 saturated carbocycles. The van der Waals surface area contributed by atoms with Gasteiger partial charge in [0.25, 0.3) is 0 Å². The molecule has 2 aromatic carbocycles. The van der Waals surface area contributed by atoms with Gasteiger partial charge in [-0.2, -0.15) is 0 Å². The van der Waals surface area contributed by atoms with E-state index in [1.54, 1.807) is 43.3 Å². The van der Waals surface area contributed by atoms with Crippen LogP contribution in [0.4, 0.5) is 10.2 Å². The summed E-state index contributed by atoms with van der Waals surface area (Å²) in [4.78, 5) is 17.0. The van der Waals surface area contributed by atoms with Crippen LogP contribution in [0.25, 0.3) is 5.69 Å². The Morgan fingerprint density at radius 3 is 2.75 bits per heavy atom. The van der Waals surface area contributed by atoms with E-state index < -0.39 is 5.82 Å². The number of imidazole rings is 1. The quantitative estimate of drug-likeness (QED) is 0.713. The Balaban J connectivity index is 1.84. The third kappa shape index (κ3) is 3.07. The van der Waals surface area contributed by atoms with Gasteiger partial charge < -0.3 is 14.8 Å². The molecule has 1 aliphatic heterocycles. The Morgan fingerprint density at radius 1 is 1.21 bits per heavy atom. The number of carbonyl (C=O) groups is 1. The van der Waals surface area contributed by atoms with Crippen molar-refractivity contribution in [2.24, 2.45) is 0 Å². The number of nitrogens with one attached hydrogen (secondary N) is 1. The number of carbonyl (C=O) groups excluding carboxylic acids is 1. The molecule has 1 aliphatic rings. The van der Waals surface area contributed by atoms with Crippen molar-refractivity contribution in [2.75, 3.05) is 19.5 Å². The van der Waals surface area contributed by atoms with Crippen molar-refractivity contribution in [3.8, 4) is 17.2 Å². The smallest absolute Gasteiger partial charge is 0.226 e. The Kier molecular flexibility index (Phi) is 4.68. The average Bonchev–Trinajstić information content (AvgIpc) is 3.12. The Labute approximate surface area is 165 Å². The van der Waals surface area contributed by atoms with Crippen LogP contribution in [-0.2, 0) is 4.79 Å². The highest BCUT2D eigenvalue weighted by Crippen LogP contribution is 2.42. The van der Waals surface area contributed by atoms with Crippen LogP contribution in [-0.4, -0.2) is 29.7 Å². The number of rotatable bonds is 4. The topological polar surface area (TPSA) is 65.4 Å². The number of benzene rings is 2. The van der Waals surface area contributed by atoms with E-state index in [1.807, 2.05) is 6.07 Å². The predicted molar refractivity (Wildman–Crippen MR) is 103 cm³/mol. The minimum atomic E-state index is -0.512. The minimum absolute atomic E-state index is 0.00639. The summed E-state index contributed by atoms with van der Waals surface area (Å²) < 4.78 is 26.0. The molecular formula is C20H17ClFN3O3. The highest BCUT2D eigenvalue weighted by molar-refractivity contribution is 6.30. The van der Waals surface area contributed by atoms with Gasteiger partial charge in [-0.3, -0.25) is 9.36 Å². The van der Waals surface area contributed by atoms with Crippen LogP contribution in [0.1, 0.15) is 23.6 Å². The summed E-state index contributed by atoms with van der Waals surface area (Å²) in [7, 11) is 3.16. The second-order valence-electron chi connectivity index (χ2n) is 6.36. The maximum Gasteiger partial charge on any atom is 0.226 e. The van der Waals surface area contributed by atoms with Gasteiger partial charge in [-0.1, -0.05) is 11.6 Å². The fraction of sp³-hybridized carbons (Fsp3) is 0.200. The summed E-state index contributed by atoms with van der Waals surface area (Å²) in [6.45, 7) is 0. The van der Waals surface area contributed by atoms with Gasteiger partial charge in [0.1, 0.15) is 29.5 Å². The molecule has 1 unspecified atom stereocenters. The Hall–Kier alpha value is -3.06. The highest BCUT2D eigenvalue weighted by atomic mass is 35.5. The number of anilines is 1. The molecule has 144 valence electrons. The largest absolute Gasteiger partial charge is 0.497 e. The van der Waals surface area contributed by atoms with Crippen LogP contribution < -0.4 is 14.8 Å². The van der Waals surface area contributed by atoms with Gasteiger partial charge in [0.05, 0.1) is 30.6 Å². The van der Waals surface area contributed by atoms with E-state index in [2.05, 4.69) is 10.3 Å². The molecule has 0 aliphatic carbocycles. The normalized spacial score (nSPS) is 15.7. The van der Waals surface area contributed by atoms with Crippen molar-refractivity contribution >= 4 is 23.3 Å². The van der Waals surface area contributed by atoms with Crippen molar-refractivity contribution in [3.63, 3.8) is 0 Å². The molecule has 2 heterocycles. The zero-order chi connectivity index (χ0) is 19.8. The molecular weight excluding hydrogens is 385 g/mol. The molecule has 4 rings (SSSR count). The zero-order valence-electron chi connectivity index (χ0n) is 15.2. The lowest BCUT2D eigenvalue weighted by Crippen LogP contribution is -2.25. The molecule has 1 amide bonds. The summed E-state index contributed by atoms with van der Waals surface area (Å²) in [5.41, 5.74) is 2.09. The SMILES string of the molecule is COc1ccc(OC)c(C2CC(=O)Nc3c2ncn3-c2ccc(F)c(Cl)c2)c1. The average molecular weight is 402 g/mol. The van der Waals surface area contributed by atoms with Crippen LogP contribution in [0.5, 0.6) is 11.5 Å². The monoisotopic (exact) mass is 401 g/mol. The standard InChI is InChI=1S/C20H17ClFN3O3/c1-27-12-4-6-17(28-2)13(8-12)14-9-18(26)24-20-19(14)23-10-25(20)11-3-5-16(22)15(21)7-11/h3-8,10,14H,9H2,1-2H3,(H,24,26). The van der Waals surface area contributed by atoms with Gasteiger partial charge >= 0.3 is 0 Å². The molecule has 1 atom stereocenters. The number of aromatic nitrogens is 2. The lowest BCUT2D eigenvalue weighted by molar-refractivity contribution is -0.116. The number of nitrogens with zero attached hydrogens (tertiary/aromatic N) is 2. The summed E-state index contributed by atoms with van der Waals surface area (Å²) >= 11 is 5.91. The molecule has 0 spiro atoms. The number of hydrogen-bond acceptors (Lipinski definition) is 4. The van der Waals surface area contributed by atoms with Crippen molar-refractivity contribution in [1.29, 1.82) is 0 Å². The maximum atomic E-state index is 13.5. The number of ether oxygens (including phenoxy) is 2. The Bertz CT molecular complexity index is 1070. The van der Waals surface area contributed by atoms with E-state index in [0.717, 1.165) is 5.56 Å². The van der Waals surface area contributed by atoms with Gasteiger partial charge in [0.15, 0.2) is 0 Å². The van der Waals surface area contributed by atoms with E-state index in [-0.39, 0.29) is 23.3 Å².